The summed E-state index contributed by atoms with van der Waals surface area (Å²) in [5, 5.41) is 14.2. The van der Waals surface area contributed by atoms with Crippen molar-refractivity contribution in [3.05, 3.63) is 48.0 Å². The molecule has 4 rings (SSSR count). The van der Waals surface area contributed by atoms with Gasteiger partial charge in [0.15, 0.2) is 5.82 Å². The summed E-state index contributed by atoms with van der Waals surface area (Å²) in [6, 6.07) is 13.5. The number of ether oxygens (including phenoxy) is 3. The van der Waals surface area contributed by atoms with Crippen molar-refractivity contribution in [3.63, 3.8) is 0 Å². The molecule has 7 nitrogen and oxygen atoms in total. The third-order valence-corrected chi connectivity index (χ3v) is 5.25. The lowest BCUT2D eigenvalue weighted by molar-refractivity contribution is 0.341. The molecule has 8 heteroatoms. The van der Waals surface area contributed by atoms with Gasteiger partial charge < -0.3 is 14.2 Å². The minimum Gasteiger partial charge on any atom is -0.496 e. The Morgan fingerprint density at radius 2 is 1.68 bits per heavy atom. The molecule has 1 aliphatic heterocycles. The van der Waals surface area contributed by atoms with E-state index in [-0.39, 0.29) is 0 Å². The smallest absolute Gasteiger partial charge is 0.212 e. The molecule has 2 heterocycles. The minimum atomic E-state index is 0.569. The molecular weight excluding hydrogens is 376 g/mol. The first-order valence-corrected chi connectivity index (χ1v) is 9.85. The fraction of sp³-hybridized carbons (Fsp3) is 0.250. The molecule has 0 unspecified atom stereocenters. The first-order chi connectivity index (χ1) is 13.8. The van der Waals surface area contributed by atoms with Gasteiger partial charge in [-0.15, -0.1) is 10.2 Å². The predicted molar refractivity (Wildman–Crippen MR) is 109 cm³/mol. The average molecular weight is 396 g/mol. The van der Waals surface area contributed by atoms with Crippen LogP contribution in [0, 0.1) is 0 Å². The van der Waals surface area contributed by atoms with E-state index in [0.29, 0.717) is 29.7 Å². The van der Waals surface area contributed by atoms with Gasteiger partial charge in [-0.05, 0) is 31.2 Å². The Bertz CT molecular complexity index is 1010. The largest absolute Gasteiger partial charge is 0.496 e. The maximum Gasteiger partial charge on any atom is 0.212 e. The van der Waals surface area contributed by atoms with E-state index in [9.17, 15) is 0 Å². The molecule has 0 radical (unpaired) electrons. The number of rotatable bonds is 6. The van der Waals surface area contributed by atoms with E-state index in [1.54, 1.807) is 30.7 Å². The van der Waals surface area contributed by atoms with Crippen molar-refractivity contribution in [1.29, 1.82) is 0 Å². The van der Waals surface area contributed by atoms with Gasteiger partial charge in [-0.1, -0.05) is 30.0 Å². The Kier molecular flexibility index (Phi) is 5.21. The summed E-state index contributed by atoms with van der Waals surface area (Å²) in [5.74, 6) is 3.46. The molecule has 0 bridgehead atoms. The quantitative estimate of drug-likeness (QED) is 0.632. The number of nitrogens with zero attached hydrogens (tertiary/aromatic N) is 4. The van der Waals surface area contributed by atoms with Crippen LogP contribution in [0.15, 0.2) is 52.7 Å². The normalized spacial score (nSPS) is 12.9. The van der Waals surface area contributed by atoms with E-state index in [0.717, 1.165) is 27.7 Å². The lowest BCUT2D eigenvalue weighted by Crippen LogP contribution is -2.16. The SMILES string of the molecule is CCOc1ccccc1-c1nnc2n1N=C(c1c(OC)cccc1OC)CS2. The Labute approximate surface area is 167 Å². The molecule has 0 aliphatic carbocycles. The molecule has 144 valence electrons. The van der Waals surface area contributed by atoms with Crippen LogP contribution in [0.3, 0.4) is 0 Å². The van der Waals surface area contributed by atoms with Crippen molar-refractivity contribution in [2.75, 3.05) is 26.6 Å². The first kappa shape index (κ1) is 18.4. The van der Waals surface area contributed by atoms with Gasteiger partial charge in [0.1, 0.15) is 17.2 Å². The molecule has 0 fully saturated rings. The highest BCUT2D eigenvalue weighted by Gasteiger charge is 2.25. The van der Waals surface area contributed by atoms with Gasteiger partial charge in [-0.25, -0.2) is 0 Å². The summed E-state index contributed by atoms with van der Waals surface area (Å²) in [6.07, 6.45) is 0. The summed E-state index contributed by atoms with van der Waals surface area (Å²) in [7, 11) is 3.28. The van der Waals surface area contributed by atoms with Crippen molar-refractivity contribution in [3.8, 4) is 28.6 Å². The van der Waals surface area contributed by atoms with E-state index in [1.165, 1.54) is 0 Å². The Morgan fingerprint density at radius 1 is 0.964 bits per heavy atom. The summed E-state index contributed by atoms with van der Waals surface area (Å²) in [6.45, 7) is 2.52. The molecule has 0 saturated carbocycles. The zero-order valence-corrected chi connectivity index (χ0v) is 16.7. The zero-order valence-electron chi connectivity index (χ0n) is 15.9. The zero-order chi connectivity index (χ0) is 19.5. The van der Waals surface area contributed by atoms with Gasteiger partial charge in [0.25, 0.3) is 0 Å². The van der Waals surface area contributed by atoms with Gasteiger partial charge in [0.2, 0.25) is 5.16 Å². The highest BCUT2D eigenvalue weighted by Crippen LogP contribution is 2.36. The molecule has 2 aromatic carbocycles. The molecule has 3 aromatic rings. The molecule has 0 N–H and O–H groups in total. The van der Waals surface area contributed by atoms with Crippen LogP contribution in [0.4, 0.5) is 0 Å². The van der Waals surface area contributed by atoms with E-state index >= 15 is 0 Å². The summed E-state index contributed by atoms with van der Waals surface area (Å²) in [4.78, 5) is 0. The Morgan fingerprint density at radius 3 is 2.39 bits per heavy atom. The molecule has 1 aliphatic rings. The van der Waals surface area contributed by atoms with E-state index in [4.69, 9.17) is 19.3 Å². The van der Waals surface area contributed by atoms with E-state index in [1.807, 2.05) is 49.4 Å². The molecular formula is C20H20N4O3S. The number of thioether (sulfide) groups is 1. The molecule has 0 saturated heterocycles. The van der Waals surface area contributed by atoms with Crippen LogP contribution in [0.25, 0.3) is 11.4 Å². The van der Waals surface area contributed by atoms with Crippen LogP contribution in [0.5, 0.6) is 17.2 Å². The number of methoxy groups -OCH3 is 2. The summed E-state index contributed by atoms with van der Waals surface area (Å²) in [5.41, 5.74) is 2.52. The fourth-order valence-electron chi connectivity index (χ4n) is 3.09. The maximum atomic E-state index is 5.76. The summed E-state index contributed by atoms with van der Waals surface area (Å²) < 4.78 is 18.6. The van der Waals surface area contributed by atoms with Crippen LogP contribution in [-0.2, 0) is 0 Å². The standard InChI is InChI=1S/C20H20N4O3S/c1-4-27-15-9-6-5-8-13(15)19-21-22-20-24(19)23-14(12-28-20)18-16(25-2)10-7-11-17(18)26-3/h5-11H,4,12H2,1-3H3. The number of fused-ring (bicyclic) bond motifs is 1. The number of hydrogen-bond acceptors (Lipinski definition) is 7. The van der Waals surface area contributed by atoms with Crippen molar-refractivity contribution in [1.82, 2.24) is 14.9 Å². The second-order valence-electron chi connectivity index (χ2n) is 5.92. The van der Waals surface area contributed by atoms with Gasteiger partial charge in [0, 0.05) is 5.75 Å². The number of para-hydroxylation sites is 1. The van der Waals surface area contributed by atoms with E-state index in [2.05, 4.69) is 10.2 Å². The van der Waals surface area contributed by atoms with Crippen molar-refractivity contribution >= 4 is 17.5 Å². The van der Waals surface area contributed by atoms with Crippen molar-refractivity contribution < 1.29 is 14.2 Å². The van der Waals surface area contributed by atoms with Crippen LogP contribution >= 0.6 is 11.8 Å². The maximum absolute atomic E-state index is 5.76. The highest BCUT2D eigenvalue weighted by molar-refractivity contribution is 7.99. The number of aromatic nitrogens is 3. The topological polar surface area (TPSA) is 70.8 Å². The average Bonchev–Trinajstić information content (AvgIpc) is 3.16. The Hall–Kier alpha value is -3.00. The number of benzene rings is 2. The molecule has 0 atom stereocenters. The highest BCUT2D eigenvalue weighted by atomic mass is 32.2. The lowest BCUT2D eigenvalue weighted by atomic mass is 10.1. The number of hydrogen-bond donors (Lipinski definition) is 0. The van der Waals surface area contributed by atoms with Crippen LogP contribution in [0.1, 0.15) is 12.5 Å². The second-order valence-corrected chi connectivity index (χ2v) is 6.86. The molecule has 0 amide bonds. The van der Waals surface area contributed by atoms with Gasteiger partial charge in [-0.2, -0.15) is 9.78 Å². The second kappa shape index (κ2) is 7.93. The Balaban J connectivity index is 1.85. The minimum absolute atomic E-state index is 0.569. The first-order valence-electron chi connectivity index (χ1n) is 8.86. The summed E-state index contributed by atoms with van der Waals surface area (Å²) >= 11 is 1.57. The van der Waals surface area contributed by atoms with Gasteiger partial charge in [-0.3, -0.25) is 0 Å². The molecule has 1 aromatic heterocycles. The van der Waals surface area contributed by atoms with Gasteiger partial charge >= 0.3 is 0 Å². The van der Waals surface area contributed by atoms with Crippen LogP contribution < -0.4 is 14.2 Å². The lowest BCUT2D eigenvalue weighted by Gasteiger charge is -2.18. The van der Waals surface area contributed by atoms with Crippen LogP contribution in [0.2, 0.25) is 0 Å². The molecule has 0 spiro atoms. The van der Waals surface area contributed by atoms with Gasteiger partial charge in [0.05, 0.1) is 37.7 Å². The van der Waals surface area contributed by atoms with E-state index < -0.39 is 0 Å². The molecule has 28 heavy (non-hydrogen) atoms. The fourth-order valence-corrected chi connectivity index (χ4v) is 3.90. The van der Waals surface area contributed by atoms with Crippen molar-refractivity contribution in [2.45, 2.75) is 12.1 Å². The third kappa shape index (κ3) is 3.20. The van der Waals surface area contributed by atoms with Crippen molar-refractivity contribution in [2.24, 2.45) is 5.10 Å². The van der Waals surface area contributed by atoms with Crippen LogP contribution in [-0.4, -0.2) is 47.2 Å². The third-order valence-electron chi connectivity index (χ3n) is 4.31. The monoisotopic (exact) mass is 396 g/mol. The predicted octanol–water partition coefficient (Wildman–Crippen LogP) is 3.72.